The molecule has 0 fully saturated rings. The molecule has 0 radical (unpaired) electrons. The van der Waals surface area contributed by atoms with Crippen LogP contribution in [0.25, 0.3) is 0 Å². The molecule has 1 aromatic heterocycles. The zero-order valence-electron chi connectivity index (χ0n) is 10.2. The molecule has 1 N–H and O–H groups in total. The lowest BCUT2D eigenvalue weighted by Gasteiger charge is -2.07. The van der Waals surface area contributed by atoms with Crippen molar-refractivity contribution in [2.75, 3.05) is 4.72 Å². The van der Waals surface area contributed by atoms with Crippen molar-refractivity contribution in [2.24, 2.45) is 0 Å². The first-order valence-corrected chi connectivity index (χ1v) is 8.62. The largest absolute Gasteiger partial charge is 0.332 e. The van der Waals surface area contributed by atoms with Crippen LogP contribution in [-0.2, 0) is 20.2 Å². The molecule has 0 spiro atoms. The minimum Gasteiger partial charge on any atom is -0.263 e. The molecule has 0 atom stereocenters. The summed E-state index contributed by atoms with van der Waals surface area (Å²) in [6.45, 7) is 0. The Morgan fingerprint density at radius 2 is 1.57 bits per heavy atom. The maximum Gasteiger partial charge on any atom is 0.332 e. The second kappa shape index (κ2) is 5.58. The van der Waals surface area contributed by atoms with E-state index in [0.29, 0.717) is 5.02 Å². The van der Waals surface area contributed by atoms with Crippen LogP contribution in [0.4, 0.5) is 9.70 Å². The highest BCUT2D eigenvalue weighted by molar-refractivity contribution is 7.92. The van der Waals surface area contributed by atoms with Crippen LogP contribution in [0.5, 0.6) is 0 Å². The van der Waals surface area contributed by atoms with E-state index in [1.165, 1.54) is 18.3 Å². The molecule has 0 aliphatic heterocycles. The highest BCUT2D eigenvalue weighted by Gasteiger charge is 2.17. The first kappa shape index (κ1) is 15.7. The van der Waals surface area contributed by atoms with Gasteiger partial charge in [0.1, 0.15) is 5.82 Å². The van der Waals surface area contributed by atoms with Crippen molar-refractivity contribution in [2.45, 2.75) is 9.79 Å². The third-order valence-corrected chi connectivity index (χ3v) is 4.82. The van der Waals surface area contributed by atoms with Gasteiger partial charge in [0, 0.05) is 17.3 Å². The van der Waals surface area contributed by atoms with Gasteiger partial charge in [-0.25, -0.2) is 13.4 Å². The maximum absolute atomic E-state index is 12.7. The zero-order chi connectivity index (χ0) is 15.7. The van der Waals surface area contributed by atoms with Crippen LogP contribution in [0.3, 0.4) is 0 Å². The van der Waals surface area contributed by atoms with Crippen LogP contribution in [0.2, 0.25) is 5.02 Å². The Balaban J connectivity index is 2.32. The molecule has 0 amide bonds. The van der Waals surface area contributed by atoms with Crippen molar-refractivity contribution in [1.29, 1.82) is 0 Å². The number of pyridine rings is 1. The number of hydrogen-bond acceptors (Lipinski definition) is 5. The van der Waals surface area contributed by atoms with Gasteiger partial charge in [0.15, 0.2) is 0 Å². The predicted molar refractivity (Wildman–Crippen MR) is 74.8 cm³/mol. The number of nitrogens with one attached hydrogen (secondary N) is 1. The molecule has 0 aliphatic carbocycles. The van der Waals surface area contributed by atoms with Gasteiger partial charge in [0.2, 0.25) is 0 Å². The van der Waals surface area contributed by atoms with E-state index in [2.05, 4.69) is 9.71 Å². The second-order valence-corrected chi connectivity index (χ2v) is 7.34. The first-order valence-electron chi connectivity index (χ1n) is 5.37. The van der Waals surface area contributed by atoms with E-state index in [-0.39, 0.29) is 10.7 Å². The van der Waals surface area contributed by atoms with Crippen LogP contribution in [0.1, 0.15) is 0 Å². The highest BCUT2D eigenvalue weighted by Crippen LogP contribution is 2.19. The SMILES string of the molecule is O=S(=O)(F)c1ccc(S(=O)(=O)Nc2cc(Cl)ccn2)cc1. The number of aromatic nitrogens is 1. The minimum atomic E-state index is -4.87. The van der Waals surface area contributed by atoms with Crippen molar-refractivity contribution in [3.63, 3.8) is 0 Å². The molecule has 0 aliphatic rings. The molecular formula is C11H8ClFN2O4S2. The van der Waals surface area contributed by atoms with Gasteiger partial charge in [-0.05, 0) is 30.3 Å². The number of sulfonamides is 1. The lowest BCUT2D eigenvalue weighted by atomic mass is 10.4. The van der Waals surface area contributed by atoms with Crippen LogP contribution in [-0.4, -0.2) is 21.8 Å². The predicted octanol–water partition coefficient (Wildman–Crippen LogP) is 2.19. The Morgan fingerprint density at radius 1 is 1.00 bits per heavy atom. The zero-order valence-corrected chi connectivity index (χ0v) is 12.6. The summed E-state index contributed by atoms with van der Waals surface area (Å²) in [5.41, 5.74) is 0. The molecule has 1 aromatic carbocycles. The van der Waals surface area contributed by atoms with Gasteiger partial charge in [0.05, 0.1) is 9.79 Å². The molecule has 0 saturated carbocycles. The molecule has 0 unspecified atom stereocenters. The molecule has 10 heteroatoms. The summed E-state index contributed by atoms with van der Waals surface area (Å²) in [6.07, 6.45) is 1.32. The number of anilines is 1. The number of benzene rings is 1. The molecule has 2 rings (SSSR count). The summed E-state index contributed by atoms with van der Waals surface area (Å²) in [7, 11) is -8.86. The van der Waals surface area contributed by atoms with Crippen molar-refractivity contribution in [3.05, 3.63) is 47.6 Å². The highest BCUT2D eigenvalue weighted by atomic mass is 35.5. The summed E-state index contributed by atoms with van der Waals surface area (Å²) in [4.78, 5) is 2.91. The molecule has 0 saturated heterocycles. The van der Waals surface area contributed by atoms with Crippen LogP contribution in [0.15, 0.2) is 52.4 Å². The fraction of sp³-hybridized carbons (Fsp3) is 0. The fourth-order valence-electron chi connectivity index (χ4n) is 1.44. The maximum atomic E-state index is 12.7. The van der Waals surface area contributed by atoms with Gasteiger partial charge in [0.25, 0.3) is 10.0 Å². The molecule has 21 heavy (non-hydrogen) atoms. The second-order valence-electron chi connectivity index (χ2n) is 3.87. The number of rotatable bonds is 4. The van der Waals surface area contributed by atoms with Crippen molar-refractivity contribution in [3.8, 4) is 0 Å². The Bertz CT molecular complexity index is 867. The normalized spacial score (nSPS) is 12.1. The van der Waals surface area contributed by atoms with Gasteiger partial charge in [-0.3, -0.25) is 4.72 Å². The lowest BCUT2D eigenvalue weighted by Crippen LogP contribution is -2.13. The summed E-state index contributed by atoms with van der Waals surface area (Å²) in [6, 6.07) is 6.43. The van der Waals surface area contributed by atoms with E-state index in [9.17, 15) is 20.7 Å². The third-order valence-electron chi connectivity index (χ3n) is 2.38. The summed E-state index contributed by atoms with van der Waals surface area (Å²) < 4.78 is 60.3. The van der Waals surface area contributed by atoms with Gasteiger partial charge >= 0.3 is 10.2 Å². The summed E-state index contributed by atoms with van der Waals surface area (Å²) in [5.74, 6) is 0.00434. The average molecular weight is 351 g/mol. The number of hydrogen-bond donors (Lipinski definition) is 1. The first-order chi connectivity index (χ1) is 9.68. The van der Waals surface area contributed by atoms with E-state index >= 15 is 0 Å². The third kappa shape index (κ3) is 3.90. The van der Waals surface area contributed by atoms with Gasteiger partial charge < -0.3 is 0 Å². The van der Waals surface area contributed by atoms with Crippen molar-refractivity contribution in [1.82, 2.24) is 4.98 Å². The average Bonchev–Trinajstić information content (AvgIpc) is 2.37. The van der Waals surface area contributed by atoms with E-state index in [1.54, 1.807) is 0 Å². The van der Waals surface area contributed by atoms with E-state index < -0.39 is 25.1 Å². The Hall–Kier alpha value is -1.71. The molecule has 6 nitrogen and oxygen atoms in total. The van der Waals surface area contributed by atoms with Crippen LogP contribution >= 0.6 is 11.6 Å². The van der Waals surface area contributed by atoms with Crippen molar-refractivity contribution < 1.29 is 20.7 Å². The smallest absolute Gasteiger partial charge is 0.263 e. The lowest BCUT2D eigenvalue weighted by molar-refractivity contribution is 0.551. The molecule has 112 valence electrons. The number of nitrogens with zero attached hydrogens (tertiary/aromatic N) is 1. The monoisotopic (exact) mass is 350 g/mol. The fourth-order valence-corrected chi connectivity index (χ4v) is 3.06. The van der Waals surface area contributed by atoms with Gasteiger partial charge in [-0.15, -0.1) is 3.89 Å². The van der Waals surface area contributed by atoms with Crippen LogP contribution in [0, 0.1) is 0 Å². The summed E-state index contributed by atoms with van der Waals surface area (Å²) in [5, 5.41) is 0.293. The van der Waals surface area contributed by atoms with Gasteiger partial charge in [-0.1, -0.05) is 11.6 Å². The standard InChI is InChI=1S/C11H8ClFN2O4S2/c12-8-5-6-14-11(7-8)15-21(18,19)10-3-1-9(2-4-10)20(13,16)17/h1-7H,(H,14,15). The molecule has 0 bridgehead atoms. The summed E-state index contributed by atoms with van der Waals surface area (Å²) >= 11 is 5.71. The Labute approximate surface area is 125 Å². The minimum absolute atomic E-state index is 0.00434. The van der Waals surface area contributed by atoms with Crippen molar-refractivity contribution >= 4 is 37.7 Å². The topological polar surface area (TPSA) is 93.2 Å². The Morgan fingerprint density at radius 3 is 2.10 bits per heavy atom. The van der Waals surface area contributed by atoms with E-state index in [4.69, 9.17) is 11.6 Å². The molecule has 1 heterocycles. The molecule has 2 aromatic rings. The molecular weight excluding hydrogens is 343 g/mol. The van der Waals surface area contributed by atoms with Gasteiger partial charge in [-0.2, -0.15) is 8.42 Å². The van der Waals surface area contributed by atoms with Crippen LogP contribution < -0.4 is 4.72 Å². The van der Waals surface area contributed by atoms with E-state index in [1.807, 2.05) is 0 Å². The number of halogens is 2. The van der Waals surface area contributed by atoms with E-state index in [0.717, 1.165) is 24.3 Å². The Kier molecular flexibility index (Phi) is 4.17. The quantitative estimate of drug-likeness (QED) is 0.853.